The monoisotopic (exact) mass is 477 g/mol. The molecule has 0 bridgehead atoms. The number of oxime groups is 1. The van der Waals surface area contributed by atoms with Gasteiger partial charge in [0.05, 0.1) is 11.7 Å². The van der Waals surface area contributed by atoms with Gasteiger partial charge in [0, 0.05) is 30.7 Å². The SMILES string of the molecule is CN(C)CCCO/N=C/[C@H]1CC[C@]2(O)[C@@H]3CC[C@@H]4C[C@@H](OCCCN)CC[C@]4(C)[C@H]3CC[C@]12C. The zero-order chi connectivity index (χ0) is 24.4. The Morgan fingerprint density at radius 2 is 1.82 bits per heavy atom. The average Bonchev–Trinajstić information content (AvgIpc) is 3.07. The zero-order valence-electron chi connectivity index (χ0n) is 22.3. The second kappa shape index (κ2) is 10.7. The predicted molar refractivity (Wildman–Crippen MR) is 138 cm³/mol. The van der Waals surface area contributed by atoms with E-state index in [-0.39, 0.29) is 5.41 Å². The molecule has 3 N–H and O–H groups in total. The van der Waals surface area contributed by atoms with Crippen LogP contribution in [-0.2, 0) is 9.57 Å². The normalized spacial score (nSPS) is 44.1. The predicted octanol–water partition coefficient (Wildman–Crippen LogP) is 4.45. The van der Waals surface area contributed by atoms with Gasteiger partial charge in [-0.2, -0.15) is 0 Å². The minimum Gasteiger partial charge on any atom is -0.396 e. The smallest absolute Gasteiger partial charge is 0.118 e. The van der Waals surface area contributed by atoms with Crippen LogP contribution >= 0.6 is 0 Å². The van der Waals surface area contributed by atoms with E-state index >= 15 is 0 Å². The fourth-order valence-corrected chi connectivity index (χ4v) is 8.57. The summed E-state index contributed by atoms with van der Waals surface area (Å²) < 4.78 is 6.19. The molecule has 4 aliphatic rings. The van der Waals surface area contributed by atoms with Gasteiger partial charge in [0.15, 0.2) is 0 Å². The van der Waals surface area contributed by atoms with Gasteiger partial charge in [-0.3, -0.25) is 0 Å². The van der Waals surface area contributed by atoms with Crippen molar-refractivity contribution in [3.8, 4) is 0 Å². The van der Waals surface area contributed by atoms with Crippen LogP contribution in [0.4, 0.5) is 0 Å². The van der Waals surface area contributed by atoms with Gasteiger partial charge in [-0.05, 0) is 114 Å². The standard InChI is InChI=1S/C28H51N3O3/c1-26-12-10-23(33-17-5-15-29)19-21(26)7-8-25-24(26)11-13-27(2)22(9-14-28(25,27)32)20-30-34-18-6-16-31(3)4/h20-25,32H,5-19,29H2,1-4H3/b30-20+/t21-,22-,23+,24+,25-,26+,27-,28+/m1/s1. The lowest BCUT2D eigenvalue weighted by atomic mass is 9.43. The Hall–Kier alpha value is -0.690. The molecule has 196 valence electrons. The van der Waals surface area contributed by atoms with Crippen molar-refractivity contribution in [3.63, 3.8) is 0 Å². The van der Waals surface area contributed by atoms with Crippen LogP contribution in [0, 0.1) is 34.5 Å². The first-order chi connectivity index (χ1) is 16.2. The highest BCUT2D eigenvalue weighted by atomic mass is 16.6. The Bertz CT molecular complexity index is 702. The third-order valence-electron chi connectivity index (χ3n) is 10.7. The number of nitrogens with zero attached hydrogens (tertiary/aromatic N) is 2. The topological polar surface area (TPSA) is 80.3 Å². The van der Waals surface area contributed by atoms with E-state index < -0.39 is 5.60 Å². The third kappa shape index (κ3) is 4.81. The minimum absolute atomic E-state index is 0.0869. The van der Waals surface area contributed by atoms with E-state index in [1.165, 1.54) is 25.7 Å². The van der Waals surface area contributed by atoms with Crippen LogP contribution in [-0.4, -0.2) is 68.3 Å². The summed E-state index contributed by atoms with van der Waals surface area (Å²) in [5, 5.41) is 16.7. The van der Waals surface area contributed by atoms with Crippen LogP contribution in [0.1, 0.15) is 84.5 Å². The second-order valence-electron chi connectivity index (χ2n) is 12.7. The van der Waals surface area contributed by atoms with E-state index in [1.54, 1.807) is 0 Å². The molecule has 4 saturated carbocycles. The molecule has 34 heavy (non-hydrogen) atoms. The molecule has 6 heteroatoms. The molecule has 0 aromatic rings. The van der Waals surface area contributed by atoms with Gasteiger partial charge >= 0.3 is 0 Å². The summed E-state index contributed by atoms with van der Waals surface area (Å²) in [5.41, 5.74) is 5.34. The summed E-state index contributed by atoms with van der Waals surface area (Å²) in [6.07, 6.45) is 14.7. The molecule has 4 fully saturated rings. The van der Waals surface area contributed by atoms with Crippen LogP contribution in [0.25, 0.3) is 0 Å². The average molecular weight is 478 g/mol. The molecular weight excluding hydrogens is 426 g/mol. The van der Waals surface area contributed by atoms with Crippen LogP contribution in [0.2, 0.25) is 0 Å². The lowest BCUT2D eigenvalue weighted by Gasteiger charge is -2.63. The van der Waals surface area contributed by atoms with Gasteiger partial charge in [-0.25, -0.2) is 0 Å². The first kappa shape index (κ1) is 26.4. The number of rotatable bonds is 10. The molecule has 0 heterocycles. The number of ether oxygens (including phenoxy) is 1. The summed E-state index contributed by atoms with van der Waals surface area (Å²) in [5.74, 6) is 2.09. The molecule has 4 aliphatic carbocycles. The lowest BCUT2D eigenvalue weighted by Crippen LogP contribution is -2.62. The molecule has 0 aromatic carbocycles. The van der Waals surface area contributed by atoms with Gasteiger partial charge in [0.25, 0.3) is 0 Å². The van der Waals surface area contributed by atoms with Crippen LogP contribution in [0.5, 0.6) is 0 Å². The van der Waals surface area contributed by atoms with E-state index in [9.17, 15) is 5.11 Å². The Morgan fingerprint density at radius 1 is 1.00 bits per heavy atom. The van der Waals surface area contributed by atoms with Gasteiger partial charge in [0.2, 0.25) is 0 Å². The van der Waals surface area contributed by atoms with Crippen molar-refractivity contribution in [1.82, 2.24) is 4.90 Å². The van der Waals surface area contributed by atoms with Crippen molar-refractivity contribution in [3.05, 3.63) is 0 Å². The summed E-state index contributed by atoms with van der Waals surface area (Å²) in [4.78, 5) is 7.75. The summed E-state index contributed by atoms with van der Waals surface area (Å²) in [6.45, 7) is 8.07. The van der Waals surface area contributed by atoms with Gasteiger partial charge in [0.1, 0.15) is 6.61 Å². The molecular formula is C28H51N3O3. The van der Waals surface area contributed by atoms with Crippen molar-refractivity contribution in [1.29, 1.82) is 0 Å². The van der Waals surface area contributed by atoms with E-state index in [0.29, 0.717) is 42.4 Å². The minimum atomic E-state index is -0.569. The quantitative estimate of drug-likeness (QED) is 0.276. The molecule has 0 aliphatic heterocycles. The fraction of sp³-hybridized carbons (Fsp3) is 0.964. The lowest BCUT2D eigenvalue weighted by molar-refractivity contribution is -0.207. The maximum absolute atomic E-state index is 12.3. The third-order valence-corrected chi connectivity index (χ3v) is 10.7. The van der Waals surface area contributed by atoms with Gasteiger partial charge in [-0.1, -0.05) is 19.0 Å². The Kier molecular flexibility index (Phi) is 8.33. The highest BCUT2D eigenvalue weighted by molar-refractivity contribution is 5.63. The number of fused-ring (bicyclic) bond motifs is 5. The first-order valence-corrected chi connectivity index (χ1v) is 14.1. The highest BCUT2D eigenvalue weighted by Crippen LogP contribution is 2.68. The molecule has 6 nitrogen and oxygen atoms in total. The molecule has 0 aromatic heterocycles. The summed E-state index contributed by atoms with van der Waals surface area (Å²) in [6, 6.07) is 0. The number of hydrogen-bond acceptors (Lipinski definition) is 6. The molecule has 0 unspecified atom stereocenters. The molecule has 0 spiro atoms. The van der Waals surface area contributed by atoms with E-state index in [1.807, 2.05) is 6.21 Å². The number of hydrogen-bond donors (Lipinski definition) is 2. The van der Waals surface area contributed by atoms with E-state index in [4.69, 9.17) is 15.3 Å². The highest BCUT2D eigenvalue weighted by Gasteiger charge is 2.67. The molecule has 0 saturated heterocycles. The summed E-state index contributed by atoms with van der Waals surface area (Å²) >= 11 is 0. The van der Waals surface area contributed by atoms with Crippen molar-refractivity contribution in [2.45, 2.75) is 96.2 Å². The van der Waals surface area contributed by atoms with Crippen LogP contribution in [0.3, 0.4) is 0 Å². The Balaban J connectivity index is 1.39. The molecule has 4 rings (SSSR count). The maximum Gasteiger partial charge on any atom is 0.118 e. The Morgan fingerprint density at radius 3 is 2.59 bits per heavy atom. The number of nitrogens with two attached hydrogens (primary N) is 1. The maximum atomic E-state index is 12.3. The first-order valence-electron chi connectivity index (χ1n) is 14.1. The van der Waals surface area contributed by atoms with Crippen molar-refractivity contribution >= 4 is 6.21 Å². The summed E-state index contributed by atoms with van der Waals surface area (Å²) in [7, 11) is 4.16. The van der Waals surface area contributed by atoms with Crippen molar-refractivity contribution < 1.29 is 14.7 Å². The molecule has 0 radical (unpaired) electrons. The number of aliphatic hydroxyl groups is 1. The molecule has 8 atom stereocenters. The van der Waals surface area contributed by atoms with E-state index in [2.05, 4.69) is 38.0 Å². The van der Waals surface area contributed by atoms with Gasteiger partial charge in [-0.15, -0.1) is 0 Å². The zero-order valence-corrected chi connectivity index (χ0v) is 22.3. The van der Waals surface area contributed by atoms with Crippen LogP contribution < -0.4 is 5.73 Å². The van der Waals surface area contributed by atoms with Crippen LogP contribution in [0.15, 0.2) is 5.16 Å². The molecule has 0 amide bonds. The van der Waals surface area contributed by atoms with E-state index in [0.717, 1.165) is 64.0 Å². The largest absolute Gasteiger partial charge is 0.396 e. The van der Waals surface area contributed by atoms with Crippen molar-refractivity contribution in [2.75, 3.05) is 40.4 Å². The van der Waals surface area contributed by atoms with Gasteiger partial charge < -0.3 is 25.3 Å². The second-order valence-corrected chi connectivity index (χ2v) is 12.7. The Labute approximate surface area is 208 Å². The fourth-order valence-electron chi connectivity index (χ4n) is 8.57. The van der Waals surface area contributed by atoms with Crippen molar-refractivity contribution in [2.24, 2.45) is 45.4 Å².